The maximum Gasteiger partial charge on any atom is 0.00842 e. The van der Waals surface area contributed by atoms with Gasteiger partial charge in [0.2, 0.25) is 0 Å². The molecule has 0 amide bonds. The maximum absolute atomic E-state index is 4.92. The molecule has 0 N–H and O–H groups in total. The topological polar surface area (TPSA) is 0 Å². The number of rotatable bonds is 2. The highest BCUT2D eigenvalue weighted by Gasteiger charge is 2.60. The Morgan fingerprint density at radius 1 is 0.826 bits per heavy atom. The van der Waals surface area contributed by atoms with Gasteiger partial charge in [-0.1, -0.05) is 6.92 Å². The predicted molar refractivity (Wildman–Crippen MR) is 105 cm³/mol. The second-order valence-corrected chi connectivity index (χ2v) is 13.2. The van der Waals surface area contributed by atoms with Crippen LogP contribution in [0, 0.1) is 47.3 Å². The van der Waals surface area contributed by atoms with E-state index < -0.39 is 0 Å². The van der Waals surface area contributed by atoms with E-state index in [1.165, 1.54) is 18.6 Å². The number of thiol groups is 1. The molecule has 4 bridgehead atoms. The average molecular weight is 367 g/mol. The highest BCUT2D eigenvalue weighted by molar-refractivity contribution is 8.00. The van der Waals surface area contributed by atoms with Gasteiger partial charge in [-0.05, 0) is 91.6 Å². The maximum atomic E-state index is 4.92. The molecule has 5 saturated carbocycles. The van der Waals surface area contributed by atoms with Gasteiger partial charge in [-0.2, -0.15) is 36.2 Å². The average Bonchev–Trinajstić information content (AvgIpc) is 3.29. The van der Waals surface area contributed by atoms with Crippen molar-refractivity contribution in [2.24, 2.45) is 47.3 Å². The van der Waals surface area contributed by atoms with Gasteiger partial charge in [0, 0.05) is 21.0 Å². The molecular formula is C20H30S3. The van der Waals surface area contributed by atoms with Gasteiger partial charge < -0.3 is 0 Å². The van der Waals surface area contributed by atoms with Crippen LogP contribution in [0.2, 0.25) is 0 Å². The predicted octanol–water partition coefficient (Wildman–Crippen LogP) is 5.23. The van der Waals surface area contributed by atoms with E-state index >= 15 is 0 Å². The molecule has 0 aromatic heterocycles. The third-order valence-corrected chi connectivity index (χ3v) is 12.8. The fourth-order valence-corrected chi connectivity index (χ4v) is 12.8. The summed E-state index contributed by atoms with van der Waals surface area (Å²) in [5, 5.41) is 3.79. The molecule has 0 nitrogen and oxygen atoms in total. The van der Waals surface area contributed by atoms with Crippen molar-refractivity contribution in [1.29, 1.82) is 0 Å². The zero-order valence-corrected chi connectivity index (χ0v) is 16.7. The summed E-state index contributed by atoms with van der Waals surface area (Å²) in [6.45, 7) is 2.53. The lowest BCUT2D eigenvalue weighted by Gasteiger charge is -2.38. The first-order valence-electron chi connectivity index (χ1n) is 10.2. The van der Waals surface area contributed by atoms with Crippen LogP contribution in [-0.4, -0.2) is 26.8 Å². The van der Waals surface area contributed by atoms with Gasteiger partial charge in [0.15, 0.2) is 0 Å². The first kappa shape index (κ1) is 15.1. The van der Waals surface area contributed by atoms with Gasteiger partial charge in [-0.25, -0.2) is 0 Å². The van der Waals surface area contributed by atoms with E-state index in [0.717, 1.165) is 68.3 Å². The van der Waals surface area contributed by atoms with Gasteiger partial charge in [-0.15, -0.1) is 0 Å². The minimum absolute atomic E-state index is 0.751. The Balaban J connectivity index is 1.17. The van der Waals surface area contributed by atoms with E-state index in [0.29, 0.717) is 0 Å². The van der Waals surface area contributed by atoms with Crippen molar-refractivity contribution in [1.82, 2.24) is 0 Å². The summed E-state index contributed by atoms with van der Waals surface area (Å²) < 4.78 is 0. The first-order chi connectivity index (χ1) is 11.2. The normalized spacial score (nSPS) is 65.5. The van der Waals surface area contributed by atoms with Gasteiger partial charge in [0.1, 0.15) is 0 Å². The standard InChI is InChI=1S/C20H30S3/c1-9-19-14-4-10(15(19)8-22-9)6-18(14)23-17-7-11-5-13(17)12-2-3-16(21)20(11)12/h9-21H,2-8H2,1H3. The van der Waals surface area contributed by atoms with Crippen molar-refractivity contribution < 1.29 is 0 Å². The summed E-state index contributed by atoms with van der Waals surface area (Å²) in [6, 6.07) is 0. The van der Waals surface area contributed by atoms with Crippen LogP contribution >= 0.6 is 36.2 Å². The molecule has 1 aliphatic heterocycles. The quantitative estimate of drug-likeness (QED) is 0.665. The summed E-state index contributed by atoms with van der Waals surface area (Å²) in [5.41, 5.74) is 0. The van der Waals surface area contributed by atoms with Crippen LogP contribution in [0.15, 0.2) is 0 Å². The van der Waals surface area contributed by atoms with Crippen LogP contribution in [0.1, 0.15) is 45.4 Å². The molecule has 6 fully saturated rings. The third-order valence-electron chi connectivity index (χ3n) is 9.04. The number of hydrogen-bond acceptors (Lipinski definition) is 3. The molecule has 1 saturated heterocycles. The Bertz CT molecular complexity index is 507. The van der Waals surface area contributed by atoms with Gasteiger partial charge in [-0.3, -0.25) is 0 Å². The molecule has 6 aliphatic rings. The summed E-state index contributed by atoms with van der Waals surface area (Å²) in [5.74, 6) is 10.1. The van der Waals surface area contributed by atoms with Crippen molar-refractivity contribution in [2.75, 3.05) is 5.75 Å². The lowest BCUT2D eigenvalue weighted by atomic mass is 9.79. The molecule has 6 rings (SSSR count). The van der Waals surface area contributed by atoms with E-state index in [4.69, 9.17) is 12.6 Å². The van der Waals surface area contributed by atoms with E-state index in [1.807, 2.05) is 0 Å². The Kier molecular flexibility index (Phi) is 3.48. The molecular weight excluding hydrogens is 336 g/mol. The second-order valence-electron chi connectivity index (χ2n) is 9.67. The lowest BCUT2D eigenvalue weighted by molar-refractivity contribution is 0.256. The fraction of sp³-hybridized carbons (Fsp3) is 1.00. The van der Waals surface area contributed by atoms with Crippen molar-refractivity contribution in [3.63, 3.8) is 0 Å². The number of hydrogen-bond donors (Lipinski definition) is 1. The van der Waals surface area contributed by atoms with Crippen LogP contribution in [-0.2, 0) is 0 Å². The van der Waals surface area contributed by atoms with E-state index in [-0.39, 0.29) is 0 Å². The molecule has 0 aromatic rings. The zero-order valence-electron chi connectivity index (χ0n) is 14.1. The largest absolute Gasteiger partial charge is 0.176 e. The Labute approximate surface area is 155 Å². The van der Waals surface area contributed by atoms with Gasteiger partial charge in [0.05, 0.1) is 0 Å². The lowest BCUT2D eigenvalue weighted by Crippen LogP contribution is -2.35. The van der Waals surface area contributed by atoms with Gasteiger partial charge >= 0.3 is 0 Å². The zero-order chi connectivity index (χ0) is 15.3. The molecule has 23 heavy (non-hydrogen) atoms. The highest BCUT2D eigenvalue weighted by Crippen LogP contribution is 2.66. The first-order valence-corrected chi connectivity index (χ1v) is 12.7. The smallest absolute Gasteiger partial charge is 0.00842 e. The van der Waals surface area contributed by atoms with E-state index in [2.05, 4.69) is 30.4 Å². The monoisotopic (exact) mass is 366 g/mol. The second kappa shape index (κ2) is 5.28. The Morgan fingerprint density at radius 2 is 1.61 bits per heavy atom. The van der Waals surface area contributed by atoms with Crippen LogP contribution in [0.25, 0.3) is 0 Å². The molecule has 0 aromatic carbocycles. The molecule has 12 atom stereocenters. The number of fused-ring (bicyclic) bond motifs is 10. The molecule has 5 aliphatic carbocycles. The summed E-state index contributed by atoms with van der Waals surface area (Å²) in [6.07, 6.45) is 9.23. The fourth-order valence-electron chi connectivity index (χ4n) is 8.34. The molecule has 0 radical (unpaired) electrons. The molecule has 1 heterocycles. The summed E-state index contributed by atoms with van der Waals surface area (Å²) in [7, 11) is 0. The van der Waals surface area contributed by atoms with Crippen LogP contribution < -0.4 is 0 Å². The third kappa shape index (κ3) is 2.02. The minimum atomic E-state index is 0.751. The van der Waals surface area contributed by atoms with Crippen molar-refractivity contribution in [3.8, 4) is 0 Å². The SMILES string of the molecule is CC1SCC2C3CC(SC4CC5CC4C4CCC(S)C54)C(C3)C12. The molecule has 12 unspecified atom stereocenters. The summed E-state index contributed by atoms with van der Waals surface area (Å²) >= 11 is 9.72. The highest BCUT2D eigenvalue weighted by atomic mass is 32.2. The van der Waals surface area contributed by atoms with Crippen LogP contribution in [0.5, 0.6) is 0 Å². The molecule has 128 valence electrons. The van der Waals surface area contributed by atoms with Gasteiger partial charge in [0.25, 0.3) is 0 Å². The minimum Gasteiger partial charge on any atom is -0.176 e. The number of thioether (sulfide) groups is 2. The van der Waals surface area contributed by atoms with Crippen molar-refractivity contribution in [3.05, 3.63) is 0 Å². The van der Waals surface area contributed by atoms with Crippen LogP contribution in [0.3, 0.4) is 0 Å². The summed E-state index contributed by atoms with van der Waals surface area (Å²) in [4.78, 5) is 0. The van der Waals surface area contributed by atoms with Crippen molar-refractivity contribution in [2.45, 2.75) is 66.4 Å². The van der Waals surface area contributed by atoms with E-state index in [9.17, 15) is 0 Å². The molecule has 3 heteroatoms. The Hall–Kier alpha value is 1.05. The van der Waals surface area contributed by atoms with Crippen LogP contribution in [0.4, 0.5) is 0 Å². The Morgan fingerprint density at radius 3 is 2.52 bits per heavy atom. The molecule has 0 spiro atoms. The van der Waals surface area contributed by atoms with Crippen molar-refractivity contribution >= 4 is 36.2 Å². The van der Waals surface area contributed by atoms with E-state index in [1.54, 1.807) is 25.7 Å².